The predicted octanol–water partition coefficient (Wildman–Crippen LogP) is 2.89. The van der Waals surface area contributed by atoms with Gasteiger partial charge in [0.2, 0.25) is 0 Å². The lowest BCUT2D eigenvalue weighted by Gasteiger charge is -2.07. The maximum absolute atomic E-state index is 4.40. The number of hydrogen-bond acceptors (Lipinski definition) is 2. The minimum atomic E-state index is 0.414. The molecule has 1 aromatic rings. The number of nitrogens with zero attached hydrogens (tertiary/aromatic N) is 2. The summed E-state index contributed by atoms with van der Waals surface area (Å²) in [5.74, 6) is 2.14. The summed E-state index contributed by atoms with van der Waals surface area (Å²) in [6, 6.07) is 2.19. The van der Waals surface area contributed by atoms with E-state index in [1.165, 1.54) is 5.69 Å². The van der Waals surface area contributed by atoms with Crippen LogP contribution >= 0.6 is 0 Å². The Labute approximate surface area is 111 Å². The Bertz CT molecular complexity index is 392. The minimum absolute atomic E-state index is 0.414. The molecule has 0 amide bonds. The minimum Gasteiger partial charge on any atom is -0.316 e. The molecule has 1 aliphatic rings. The highest BCUT2D eigenvalue weighted by molar-refractivity contribution is 5.26. The van der Waals surface area contributed by atoms with Crippen LogP contribution in [0.15, 0.2) is 12.3 Å². The van der Waals surface area contributed by atoms with Crippen molar-refractivity contribution >= 4 is 0 Å². The third kappa shape index (κ3) is 2.46. The number of hydrogen-bond donors (Lipinski definition) is 1. The summed E-state index contributed by atoms with van der Waals surface area (Å²) in [7, 11) is 0. The maximum atomic E-state index is 4.40. The van der Waals surface area contributed by atoms with Gasteiger partial charge in [-0.3, -0.25) is 4.68 Å². The molecular formula is C15H27N3. The highest BCUT2D eigenvalue weighted by atomic mass is 15.3. The first kappa shape index (κ1) is 13.6. The third-order valence-corrected chi connectivity index (χ3v) is 4.33. The second kappa shape index (κ2) is 5.04. The summed E-state index contributed by atoms with van der Waals surface area (Å²) >= 11 is 0. The molecule has 1 aromatic heterocycles. The molecule has 2 unspecified atom stereocenters. The molecule has 3 heteroatoms. The normalized spacial score (nSPS) is 25.7. The van der Waals surface area contributed by atoms with Gasteiger partial charge in [-0.05, 0) is 43.3 Å². The lowest BCUT2D eigenvalue weighted by molar-refractivity contribution is 0.487. The van der Waals surface area contributed by atoms with Gasteiger partial charge in [0, 0.05) is 24.4 Å². The third-order valence-electron chi connectivity index (χ3n) is 4.33. The van der Waals surface area contributed by atoms with Gasteiger partial charge in [-0.25, -0.2) is 0 Å². The molecule has 102 valence electrons. The number of rotatable bonds is 6. The van der Waals surface area contributed by atoms with Gasteiger partial charge in [0.25, 0.3) is 0 Å². The van der Waals surface area contributed by atoms with E-state index in [-0.39, 0.29) is 0 Å². The smallest absolute Gasteiger partial charge is 0.0492 e. The lowest BCUT2D eigenvalue weighted by Crippen LogP contribution is -2.23. The number of aryl methyl sites for hydroxylation is 1. The van der Waals surface area contributed by atoms with Crippen LogP contribution in [-0.2, 0) is 6.54 Å². The van der Waals surface area contributed by atoms with Crippen molar-refractivity contribution in [1.82, 2.24) is 15.1 Å². The van der Waals surface area contributed by atoms with E-state index in [4.69, 9.17) is 0 Å². The van der Waals surface area contributed by atoms with Gasteiger partial charge in [0.15, 0.2) is 0 Å². The zero-order chi connectivity index (χ0) is 13.3. The van der Waals surface area contributed by atoms with Gasteiger partial charge < -0.3 is 5.32 Å². The van der Waals surface area contributed by atoms with Crippen molar-refractivity contribution in [3.63, 3.8) is 0 Å². The van der Waals surface area contributed by atoms with Crippen LogP contribution in [0.5, 0.6) is 0 Å². The van der Waals surface area contributed by atoms with Crippen molar-refractivity contribution in [2.45, 2.75) is 47.1 Å². The highest BCUT2D eigenvalue weighted by Crippen LogP contribution is 2.63. The average Bonchev–Trinajstić information content (AvgIpc) is 2.67. The molecule has 2 atom stereocenters. The van der Waals surface area contributed by atoms with Crippen LogP contribution in [0.25, 0.3) is 0 Å². The van der Waals surface area contributed by atoms with E-state index in [0.29, 0.717) is 11.3 Å². The fourth-order valence-electron chi connectivity index (χ4n) is 3.11. The van der Waals surface area contributed by atoms with Gasteiger partial charge in [-0.1, -0.05) is 27.7 Å². The Morgan fingerprint density at radius 2 is 2.17 bits per heavy atom. The fourth-order valence-corrected chi connectivity index (χ4v) is 3.11. The quantitative estimate of drug-likeness (QED) is 0.840. The average molecular weight is 249 g/mol. The molecule has 0 aromatic carbocycles. The summed E-state index contributed by atoms with van der Waals surface area (Å²) < 4.78 is 2.15. The van der Waals surface area contributed by atoms with E-state index in [1.54, 1.807) is 0 Å². The molecule has 0 bridgehead atoms. The van der Waals surface area contributed by atoms with Crippen LogP contribution in [0.2, 0.25) is 0 Å². The molecule has 2 rings (SSSR count). The molecule has 18 heavy (non-hydrogen) atoms. The van der Waals surface area contributed by atoms with E-state index in [9.17, 15) is 0 Å². The molecule has 0 saturated heterocycles. The van der Waals surface area contributed by atoms with Crippen molar-refractivity contribution in [1.29, 1.82) is 0 Å². The summed E-state index contributed by atoms with van der Waals surface area (Å²) in [6.07, 6.45) is 1.94. The zero-order valence-electron chi connectivity index (χ0n) is 12.4. The largest absolute Gasteiger partial charge is 0.316 e. The Morgan fingerprint density at radius 3 is 2.78 bits per heavy atom. The van der Waals surface area contributed by atoms with E-state index >= 15 is 0 Å². The van der Waals surface area contributed by atoms with Gasteiger partial charge >= 0.3 is 0 Å². The summed E-state index contributed by atoms with van der Waals surface area (Å²) in [5.41, 5.74) is 1.83. The number of aromatic nitrogens is 2. The highest BCUT2D eigenvalue weighted by Gasteiger charge is 2.58. The van der Waals surface area contributed by atoms with Crippen LogP contribution < -0.4 is 5.32 Å². The van der Waals surface area contributed by atoms with Crippen molar-refractivity contribution in [2.75, 3.05) is 13.1 Å². The Morgan fingerprint density at radius 1 is 1.44 bits per heavy atom. The second-order valence-electron chi connectivity index (χ2n) is 6.53. The topological polar surface area (TPSA) is 29.9 Å². The summed E-state index contributed by atoms with van der Waals surface area (Å²) in [6.45, 7) is 14.7. The van der Waals surface area contributed by atoms with Gasteiger partial charge in [-0.2, -0.15) is 5.10 Å². The molecule has 0 spiro atoms. The van der Waals surface area contributed by atoms with E-state index in [2.05, 4.69) is 55.8 Å². The van der Waals surface area contributed by atoms with Gasteiger partial charge in [0.1, 0.15) is 0 Å². The van der Waals surface area contributed by atoms with Crippen LogP contribution in [-0.4, -0.2) is 22.9 Å². The van der Waals surface area contributed by atoms with Crippen molar-refractivity contribution in [2.24, 2.45) is 17.3 Å². The molecule has 1 aliphatic carbocycles. The van der Waals surface area contributed by atoms with Crippen LogP contribution in [0, 0.1) is 17.3 Å². The molecular weight excluding hydrogens is 222 g/mol. The number of nitrogens with one attached hydrogen (secondary N) is 1. The first-order valence-corrected chi connectivity index (χ1v) is 7.20. The zero-order valence-corrected chi connectivity index (χ0v) is 12.4. The molecule has 1 saturated carbocycles. The second-order valence-corrected chi connectivity index (χ2v) is 6.53. The van der Waals surface area contributed by atoms with Crippen molar-refractivity contribution in [3.8, 4) is 0 Å². The van der Waals surface area contributed by atoms with Crippen molar-refractivity contribution in [3.05, 3.63) is 18.0 Å². The predicted molar refractivity (Wildman–Crippen MR) is 75.6 cm³/mol. The lowest BCUT2D eigenvalue weighted by atomic mass is 10.1. The van der Waals surface area contributed by atoms with Crippen LogP contribution in [0.1, 0.15) is 46.2 Å². The van der Waals surface area contributed by atoms with Crippen molar-refractivity contribution < 1.29 is 0 Å². The molecule has 0 aliphatic heterocycles. The molecule has 1 N–H and O–H groups in total. The monoisotopic (exact) mass is 249 g/mol. The molecule has 0 radical (unpaired) electrons. The Hall–Kier alpha value is -0.830. The Balaban J connectivity index is 1.98. The van der Waals surface area contributed by atoms with E-state index in [1.807, 2.05) is 6.20 Å². The van der Waals surface area contributed by atoms with Gasteiger partial charge in [-0.15, -0.1) is 0 Å². The van der Waals surface area contributed by atoms with E-state index < -0.39 is 0 Å². The molecule has 1 heterocycles. The fraction of sp³-hybridized carbons (Fsp3) is 0.800. The molecule has 1 fully saturated rings. The standard InChI is InChI=1S/C15H27N3/c1-6-18-13(7-8-17-18)14-12(15(14,4)5)10-16-9-11(2)3/h7-8,11-12,14,16H,6,9-10H2,1-5H3. The Kier molecular flexibility index (Phi) is 3.81. The van der Waals surface area contributed by atoms with Gasteiger partial charge in [0.05, 0.1) is 0 Å². The summed E-state index contributed by atoms with van der Waals surface area (Å²) in [4.78, 5) is 0. The first-order valence-electron chi connectivity index (χ1n) is 7.20. The summed E-state index contributed by atoms with van der Waals surface area (Å²) in [5, 5.41) is 8.00. The first-order chi connectivity index (χ1) is 8.48. The SMILES string of the molecule is CCn1nccc1C1C(CNCC(C)C)C1(C)C. The van der Waals surface area contributed by atoms with Crippen LogP contribution in [0.3, 0.4) is 0 Å². The maximum Gasteiger partial charge on any atom is 0.0492 e. The van der Waals surface area contributed by atoms with E-state index in [0.717, 1.165) is 31.5 Å². The van der Waals surface area contributed by atoms with Crippen LogP contribution in [0.4, 0.5) is 0 Å². The molecule has 3 nitrogen and oxygen atoms in total.